The Bertz CT molecular complexity index is 1650. The third kappa shape index (κ3) is 16.7. The quantitative estimate of drug-likeness (QED) is 0.0439. The maximum Gasteiger partial charge on any atom is 0.470 e. The van der Waals surface area contributed by atoms with Gasteiger partial charge in [0.1, 0.15) is 6.10 Å². The van der Waals surface area contributed by atoms with E-state index in [-0.39, 0.29) is 12.3 Å². The first-order valence-electron chi connectivity index (χ1n) is 18.9. The Morgan fingerprint density at radius 1 is 0.855 bits per heavy atom. The Hall–Kier alpha value is -4.10. The number of phosphoric acid groups is 1. The van der Waals surface area contributed by atoms with Crippen LogP contribution in [0.15, 0.2) is 47.5 Å². The number of aliphatic imine (C=N–C) groups is 1. The number of ether oxygens (including phenoxy) is 2. The van der Waals surface area contributed by atoms with Gasteiger partial charge in [0.25, 0.3) is 5.91 Å². The van der Waals surface area contributed by atoms with Crippen LogP contribution in [-0.4, -0.2) is 65.4 Å². The van der Waals surface area contributed by atoms with Crippen molar-refractivity contribution in [3.05, 3.63) is 53.6 Å². The topological polar surface area (TPSA) is 193 Å². The number of esters is 2. The van der Waals surface area contributed by atoms with Crippen LogP contribution in [0.1, 0.15) is 99.1 Å². The molecular weight excluding hydrogens is 727 g/mol. The molecule has 55 heavy (non-hydrogen) atoms. The molecular formula is C40H61N4O10P. The molecule has 4 atom stereocenters. The van der Waals surface area contributed by atoms with Gasteiger partial charge in [-0.2, -0.15) is 0 Å². The predicted molar refractivity (Wildman–Crippen MR) is 215 cm³/mol. The van der Waals surface area contributed by atoms with E-state index in [9.17, 15) is 23.7 Å². The molecule has 0 bridgehead atoms. The number of aryl methyl sites for hydroxylation is 1. The van der Waals surface area contributed by atoms with Crippen molar-refractivity contribution >= 4 is 55.0 Å². The molecule has 0 radical (unpaired) electrons. The molecule has 0 saturated heterocycles. The summed E-state index contributed by atoms with van der Waals surface area (Å²) in [5.74, 6) is -3.81. The number of hydrogen-bond acceptors (Lipinski definition) is 9. The second-order valence-electron chi connectivity index (χ2n) is 15.4. The third-order valence-electron chi connectivity index (χ3n) is 8.49. The number of rotatable bonds is 20. The molecule has 306 valence electrons. The van der Waals surface area contributed by atoms with Crippen molar-refractivity contribution in [2.45, 2.75) is 107 Å². The van der Waals surface area contributed by atoms with E-state index in [1.807, 2.05) is 56.3 Å². The average molecular weight is 789 g/mol. The first-order valence-corrected chi connectivity index (χ1v) is 20.4. The van der Waals surface area contributed by atoms with Gasteiger partial charge in [0.05, 0.1) is 23.7 Å². The first kappa shape index (κ1) is 47.1. The van der Waals surface area contributed by atoms with E-state index in [1.165, 1.54) is 0 Å². The van der Waals surface area contributed by atoms with E-state index in [1.54, 1.807) is 27.7 Å². The number of amides is 3. The zero-order chi connectivity index (χ0) is 41.6. The fourth-order valence-electron chi connectivity index (χ4n) is 5.64. The average Bonchev–Trinajstić information content (AvgIpc) is 3.06. The van der Waals surface area contributed by atoms with Gasteiger partial charge in [-0.15, -0.1) is 0 Å². The second-order valence-corrected chi connectivity index (χ2v) is 16.6. The van der Waals surface area contributed by atoms with Crippen LogP contribution >= 0.6 is 7.82 Å². The zero-order valence-corrected chi connectivity index (χ0v) is 35.0. The van der Waals surface area contributed by atoms with Crippen molar-refractivity contribution < 1.29 is 47.5 Å². The smallest absolute Gasteiger partial charge is 0.425 e. The van der Waals surface area contributed by atoms with E-state index < -0.39 is 61.8 Å². The van der Waals surface area contributed by atoms with Crippen LogP contribution in [0.25, 0.3) is 0 Å². The maximum atomic E-state index is 13.4. The SMILES string of the molecule is CC[C@@H](CC(=O)O[C@H](OC(=O)C(/C=N/C(=O)[C@H](C)OP(=O)(O)O)C(C)C)C(C)C)c1ccc(N(CC(C)C)CC(C)C)c(NC(=O)Nc2ccc(C)cc2)c1. The lowest BCUT2D eigenvalue weighted by Gasteiger charge is -2.31. The summed E-state index contributed by atoms with van der Waals surface area (Å²) in [6.45, 7) is 22.0. The number of nitrogens with zero attached hydrogens (tertiary/aromatic N) is 2. The van der Waals surface area contributed by atoms with Crippen LogP contribution < -0.4 is 15.5 Å². The van der Waals surface area contributed by atoms with Crippen molar-refractivity contribution in [3.8, 4) is 0 Å². The summed E-state index contributed by atoms with van der Waals surface area (Å²) >= 11 is 0. The molecule has 15 heteroatoms. The molecule has 0 spiro atoms. The van der Waals surface area contributed by atoms with E-state index in [0.29, 0.717) is 29.6 Å². The summed E-state index contributed by atoms with van der Waals surface area (Å²) in [6, 6.07) is 13.0. The molecule has 3 amide bonds. The van der Waals surface area contributed by atoms with Crippen LogP contribution in [0.5, 0.6) is 0 Å². The van der Waals surface area contributed by atoms with Crippen molar-refractivity contribution in [1.29, 1.82) is 0 Å². The van der Waals surface area contributed by atoms with Gasteiger partial charge in [-0.05, 0) is 73.8 Å². The highest BCUT2D eigenvalue weighted by Gasteiger charge is 2.31. The van der Waals surface area contributed by atoms with Gasteiger partial charge in [0.2, 0.25) is 6.29 Å². The summed E-state index contributed by atoms with van der Waals surface area (Å²) in [6.07, 6.45) is -1.21. The Balaban J connectivity index is 2.32. The van der Waals surface area contributed by atoms with Crippen molar-refractivity contribution in [1.82, 2.24) is 0 Å². The molecule has 0 aliphatic heterocycles. The van der Waals surface area contributed by atoms with E-state index in [4.69, 9.17) is 19.3 Å². The molecule has 2 aromatic rings. The molecule has 0 aromatic heterocycles. The van der Waals surface area contributed by atoms with Gasteiger partial charge in [-0.3, -0.25) is 18.9 Å². The van der Waals surface area contributed by atoms with Crippen molar-refractivity contribution in [3.63, 3.8) is 0 Å². The molecule has 0 aliphatic rings. The molecule has 2 aromatic carbocycles. The lowest BCUT2D eigenvalue weighted by molar-refractivity contribution is -0.198. The highest BCUT2D eigenvalue weighted by molar-refractivity contribution is 7.46. The molecule has 14 nitrogen and oxygen atoms in total. The molecule has 0 fully saturated rings. The van der Waals surface area contributed by atoms with Crippen LogP contribution in [0.3, 0.4) is 0 Å². The molecule has 2 rings (SSSR count). The lowest BCUT2D eigenvalue weighted by Crippen LogP contribution is -2.34. The van der Waals surface area contributed by atoms with Gasteiger partial charge in [-0.1, -0.05) is 86.1 Å². The number of urea groups is 1. The number of carbonyl (C=O) groups excluding carboxylic acids is 4. The number of nitrogens with one attached hydrogen (secondary N) is 2. The van der Waals surface area contributed by atoms with Crippen molar-refractivity contribution in [2.24, 2.45) is 34.6 Å². The molecule has 1 unspecified atom stereocenters. The minimum Gasteiger partial charge on any atom is -0.425 e. The minimum atomic E-state index is -4.93. The summed E-state index contributed by atoms with van der Waals surface area (Å²) in [4.78, 5) is 76.2. The normalized spacial score (nSPS) is 14.2. The van der Waals surface area contributed by atoms with Gasteiger partial charge in [0.15, 0.2) is 0 Å². The van der Waals surface area contributed by atoms with E-state index >= 15 is 0 Å². The van der Waals surface area contributed by atoms with Gasteiger partial charge < -0.3 is 34.8 Å². The van der Waals surface area contributed by atoms with Crippen LogP contribution in [0.2, 0.25) is 0 Å². The number of hydrogen-bond donors (Lipinski definition) is 4. The molecule has 4 N–H and O–H groups in total. The fraction of sp³-hybridized carbons (Fsp3) is 0.575. The van der Waals surface area contributed by atoms with E-state index in [2.05, 4.69) is 52.7 Å². The molecule has 0 aliphatic carbocycles. The zero-order valence-electron chi connectivity index (χ0n) is 34.1. The van der Waals surface area contributed by atoms with Crippen LogP contribution in [-0.2, 0) is 32.9 Å². The Morgan fingerprint density at radius 2 is 1.45 bits per heavy atom. The highest BCUT2D eigenvalue weighted by Crippen LogP contribution is 2.38. The lowest BCUT2D eigenvalue weighted by atomic mass is 9.92. The molecule has 0 heterocycles. The van der Waals surface area contributed by atoms with E-state index in [0.717, 1.165) is 43.0 Å². The standard InChI is InChI=1S/C40H61N4O10P/c1-12-30(20-36(45)52-39(27(8)9)53-38(47)33(26(6)7)21-41-37(46)29(11)54-55(49,50)51)31-15-18-35(44(22-24(2)3)23-25(4)5)34(19-31)43-40(48)42-32-16-13-28(10)14-17-32/h13-19,21,24-27,29-30,33,39H,12,20,22-23H2,1-11H3,(H2,42,43,48)(H2,49,50,51)/b41-21+/t29-,30-,33?,39+/m0/s1. The van der Waals surface area contributed by atoms with Gasteiger partial charge in [-0.25, -0.2) is 14.4 Å². The van der Waals surface area contributed by atoms with Crippen LogP contribution in [0.4, 0.5) is 21.9 Å². The fourth-order valence-corrected chi connectivity index (χ4v) is 6.14. The van der Waals surface area contributed by atoms with Gasteiger partial charge in [0, 0.05) is 30.9 Å². The van der Waals surface area contributed by atoms with Gasteiger partial charge >= 0.3 is 25.8 Å². The highest BCUT2D eigenvalue weighted by atomic mass is 31.2. The number of anilines is 3. The maximum absolute atomic E-state index is 13.4. The Labute approximate surface area is 326 Å². The minimum absolute atomic E-state index is 0.0334. The largest absolute Gasteiger partial charge is 0.470 e. The predicted octanol–water partition coefficient (Wildman–Crippen LogP) is 8.08. The monoisotopic (exact) mass is 788 g/mol. The Kier molecular flexibility index (Phi) is 18.7. The molecule has 0 saturated carbocycles. The number of phosphoric ester groups is 1. The van der Waals surface area contributed by atoms with Crippen molar-refractivity contribution in [2.75, 3.05) is 28.6 Å². The summed E-state index contributed by atoms with van der Waals surface area (Å²) in [5.41, 5.74) is 4.01. The number of carbonyl (C=O) groups is 4. The second kappa shape index (κ2) is 21.8. The summed E-state index contributed by atoms with van der Waals surface area (Å²) < 4.78 is 26.8. The third-order valence-corrected chi connectivity index (χ3v) is 9.08. The van der Waals surface area contributed by atoms with Crippen LogP contribution in [0, 0.1) is 36.5 Å². The summed E-state index contributed by atoms with van der Waals surface area (Å²) in [7, 11) is -4.93. The number of benzene rings is 2. The Morgan fingerprint density at radius 3 is 1.96 bits per heavy atom. The first-order chi connectivity index (χ1) is 25.6. The summed E-state index contributed by atoms with van der Waals surface area (Å²) in [5, 5.41) is 5.96.